The van der Waals surface area contributed by atoms with E-state index in [0.29, 0.717) is 0 Å². The third-order valence-electron chi connectivity index (χ3n) is 4.30. The maximum absolute atomic E-state index is 4.64. The highest BCUT2D eigenvalue weighted by molar-refractivity contribution is 7.09. The Hall–Kier alpha value is -1.82. The lowest BCUT2D eigenvalue weighted by Crippen LogP contribution is -2.39. The SMILES string of the molecule is CCc1nn(C)c(CC)c1CNC(=NC)N(C)CCc1cccs1. The minimum atomic E-state index is 0.774. The summed E-state index contributed by atoms with van der Waals surface area (Å²) in [6.07, 6.45) is 2.99. The predicted octanol–water partition coefficient (Wildman–Crippen LogP) is 2.86. The molecule has 0 unspecified atom stereocenters. The van der Waals surface area contributed by atoms with Crippen LogP contribution in [0.1, 0.15) is 35.7 Å². The van der Waals surface area contributed by atoms with Crippen LogP contribution in [0.5, 0.6) is 0 Å². The van der Waals surface area contributed by atoms with Gasteiger partial charge in [-0.05, 0) is 30.7 Å². The second-order valence-corrected chi connectivity index (χ2v) is 6.89. The van der Waals surface area contributed by atoms with Gasteiger partial charge in [0.2, 0.25) is 0 Å². The Kier molecular flexibility index (Phi) is 6.85. The molecule has 2 heterocycles. The molecule has 6 heteroatoms. The fraction of sp³-hybridized carbons (Fsp3) is 0.556. The molecular weight excluding hydrogens is 318 g/mol. The number of guanidine groups is 1. The van der Waals surface area contributed by atoms with E-state index < -0.39 is 0 Å². The van der Waals surface area contributed by atoms with E-state index in [0.717, 1.165) is 38.3 Å². The number of thiophene rings is 1. The molecule has 132 valence electrons. The number of aliphatic imine (C=N–C) groups is 1. The first kappa shape index (κ1) is 18.5. The number of likely N-dealkylation sites (N-methyl/N-ethyl adjacent to an activating group) is 1. The smallest absolute Gasteiger partial charge is 0.193 e. The van der Waals surface area contributed by atoms with Crippen molar-refractivity contribution in [3.05, 3.63) is 39.3 Å². The lowest BCUT2D eigenvalue weighted by atomic mass is 10.1. The molecule has 0 atom stereocenters. The standard InChI is InChI=1S/C18H29N5S/c1-6-16-15(17(7-2)23(5)21-16)13-20-18(19-3)22(4)11-10-14-9-8-12-24-14/h8-9,12H,6-7,10-11,13H2,1-5H3,(H,19,20). The molecule has 1 N–H and O–H groups in total. The van der Waals surface area contributed by atoms with Crippen LogP contribution in [-0.4, -0.2) is 41.3 Å². The van der Waals surface area contributed by atoms with Crippen molar-refractivity contribution in [2.45, 2.75) is 39.7 Å². The van der Waals surface area contributed by atoms with Gasteiger partial charge in [0.25, 0.3) is 0 Å². The molecule has 2 aromatic heterocycles. The van der Waals surface area contributed by atoms with Crippen LogP contribution < -0.4 is 5.32 Å². The van der Waals surface area contributed by atoms with E-state index in [-0.39, 0.29) is 0 Å². The van der Waals surface area contributed by atoms with Crippen LogP contribution in [0, 0.1) is 0 Å². The van der Waals surface area contributed by atoms with Crippen LogP contribution in [-0.2, 0) is 32.9 Å². The number of hydrogen-bond donors (Lipinski definition) is 1. The predicted molar refractivity (Wildman–Crippen MR) is 103 cm³/mol. The van der Waals surface area contributed by atoms with Gasteiger partial charge < -0.3 is 10.2 Å². The zero-order valence-electron chi connectivity index (χ0n) is 15.5. The number of rotatable bonds is 7. The Morgan fingerprint density at radius 2 is 2.17 bits per heavy atom. The van der Waals surface area contributed by atoms with Crippen molar-refractivity contribution in [3.63, 3.8) is 0 Å². The summed E-state index contributed by atoms with van der Waals surface area (Å²) < 4.78 is 2.01. The zero-order chi connectivity index (χ0) is 17.5. The van der Waals surface area contributed by atoms with Crippen molar-refractivity contribution >= 4 is 17.3 Å². The highest BCUT2D eigenvalue weighted by Gasteiger charge is 2.15. The molecule has 0 aliphatic rings. The number of nitrogens with one attached hydrogen (secondary N) is 1. The van der Waals surface area contributed by atoms with E-state index in [1.807, 2.05) is 30.1 Å². The number of hydrogen-bond acceptors (Lipinski definition) is 3. The minimum Gasteiger partial charge on any atom is -0.352 e. The molecule has 0 fully saturated rings. The van der Waals surface area contributed by atoms with E-state index in [1.54, 1.807) is 0 Å². The van der Waals surface area contributed by atoms with Crippen LogP contribution in [0.3, 0.4) is 0 Å². The van der Waals surface area contributed by atoms with Crippen molar-refractivity contribution in [2.24, 2.45) is 12.0 Å². The molecule has 2 rings (SSSR count). The Bertz CT molecular complexity index is 657. The Labute approximate surface area is 149 Å². The van der Waals surface area contributed by atoms with Gasteiger partial charge in [0.15, 0.2) is 5.96 Å². The van der Waals surface area contributed by atoms with E-state index in [1.165, 1.54) is 21.8 Å². The minimum absolute atomic E-state index is 0.774. The van der Waals surface area contributed by atoms with Crippen molar-refractivity contribution in [2.75, 3.05) is 20.6 Å². The van der Waals surface area contributed by atoms with Crippen LogP contribution in [0.15, 0.2) is 22.5 Å². The van der Waals surface area contributed by atoms with E-state index in [9.17, 15) is 0 Å². The van der Waals surface area contributed by atoms with Gasteiger partial charge in [0.05, 0.1) is 5.69 Å². The highest BCUT2D eigenvalue weighted by atomic mass is 32.1. The molecule has 0 spiro atoms. The van der Waals surface area contributed by atoms with Gasteiger partial charge in [-0.25, -0.2) is 0 Å². The molecule has 5 nitrogen and oxygen atoms in total. The largest absolute Gasteiger partial charge is 0.352 e. The fourth-order valence-electron chi connectivity index (χ4n) is 2.98. The van der Waals surface area contributed by atoms with Gasteiger partial charge in [-0.1, -0.05) is 19.9 Å². The first-order valence-electron chi connectivity index (χ1n) is 8.58. The molecule has 0 saturated heterocycles. The molecule has 0 aromatic carbocycles. The molecule has 0 saturated carbocycles. The third kappa shape index (κ3) is 4.38. The maximum atomic E-state index is 4.64. The molecule has 24 heavy (non-hydrogen) atoms. The van der Waals surface area contributed by atoms with E-state index in [2.05, 4.69) is 58.7 Å². The lowest BCUT2D eigenvalue weighted by Gasteiger charge is -2.22. The average molecular weight is 348 g/mol. The highest BCUT2D eigenvalue weighted by Crippen LogP contribution is 2.15. The van der Waals surface area contributed by atoms with Crippen molar-refractivity contribution in [3.8, 4) is 0 Å². The van der Waals surface area contributed by atoms with Gasteiger partial charge in [0, 0.05) is 50.4 Å². The topological polar surface area (TPSA) is 45.5 Å². The van der Waals surface area contributed by atoms with Crippen LogP contribution >= 0.6 is 11.3 Å². The third-order valence-corrected chi connectivity index (χ3v) is 5.23. The fourth-order valence-corrected chi connectivity index (χ4v) is 3.68. The molecule has 0 bridgehead atoms. The number of aromatic nitrogens is 2. The van der Waals surface area contributed by atoms with Crippen molar-refractivity contribution < 1.29 is 0 Å². The first-order chi connectivity index (χ1) is 11.6. The summed E-state index contributed by atoms with van der Waals surface area (Å²) in [5.74, 6) is 0.930. The summed E-state index contributed by atoms with van der Waals surface area (Å²) >= 11 is 1.81. The second-order valence-electron chi connectivity index (χ2n) is 5.85. The van der Waals surface area contributed by atoms with Crippen LogP contribution in [0.4, 0.5) is 0 Å². The molecule has 2 aromatic rings. The van der Waals surface area contributed by atoms with Gasteiger partial charge in [-0.2, -0.15) is 5.10 Å². The van der Waals surface area contributed by atoms with Gasteiger partial charge in [0.1, 0.15) is 0 Å². The molecular formula is C18H29N5S. The van der Waals surface area contributed by atoms with E-state index in [4.69, 9.17) is 0 Å². The van der Waals surface area contributed by atoms with Crippen molar-refractivity contribution in [1.82, 2.24) is 20.0 Å². The zero-order valence-corrected chi connectivity index (χ0v) is 16.3. The van der Waals surface area contributed by atoms with Crippen molar-refractivity contribution in [1.29, 1.82) is 0 Å². The Morgan fingerprint density at radius 1 is 1.38 bits per heavy atom. The van der Waals surface area contributed by atoms with Crippen LogP contribution in [0.2, 0.25) is 0 Å². The average Bonchev–Trinajstić information content (AvgIpc) is 3.20. The summed E-state index contributed by atoms with van der Waals surface area (Å²) in [6, 6.07) is 4.29. The van der Waals surface area contributed by atoms with Gasteiger partial charge >= 0.3 is 0 Å². The monoisotopic (exact) mass is 347 g/mol. The first-order valence-corrected chi connectivity index (χ1v) is 9.46. The summed E-state index contributed by atoms with van der Waals surface area (Å²) in [7, 11) is 5.96. The quantitative estimate of drug-likeness (QED) is 0.619. The van der Waals surface area contributed by atoms with Gasteiger partial charge in [-0.15, -0.1) is 11.3 Å². The summed E-state index contributed by atoms with van der Waals surface area (Å²) in [4.78, 5) is 8.02. The maximum Gasteiger partial charge on any atom is 0.193 e. The summed E-state index contributed by atoms with van der Waals surface area (Å²) in [6.45, 7) is 6.07. The number of aryl methyl sites for hydroxylation is 2. The summed E-state index contributed by atoms with van der Waals surface area (Å²) in [5, 5.41) is 10.3. The molecule has 0 aliphatic carbocycles. The second kappa shape index (κ2) is 8.87. The lowest BCUT2D eigenvalue weighted by molar-refractivity contribution is 0.486. The van der Waals surface area contributed by atoms with E-state index >= 15 is 0 Å². The molecule has 0 radical (unpaired) electrons. The number of nitrogens with zero attached hydrogens (tertiary/aromatic N) is 4. The van der Waals surface area contributed by atoms with Crippen LogP contribution in [0.25, 0.3) is 0 Å². The molecule has 0 aliphatic heterocycles. The Morgan fingerprint density at radius 3 is 2.75 bits per heavy atom. The molecule has 0 amide bonds. The Balaban J connectivity index is 1.98. The normalized spacial score (nSPS) is 11.8. The summed E-state index contributed by atoms with van der Waals surface area (Å²) in [5.41, 5.74) is 3.80. The van der Waals surface area contributed by atoms with Gasteiger partial charge in [-0.3, -0.25) is 9.67 Å².